The molecule has 3 aromatic rings. The number of pyridine rings is 1. The Morgan fingerprint density at radius 2 is 1.80 bits per heavy atom. The SMILES string of the molecule is CC(C)(C)C1CCc2nc(SCCC(=O)N3c4ccccc4Sc4ccccc43)c(C#N)cc2C1. The van der Waals surface area contributed by atoms with Crippen LogP contribution >= 0.6 is 23.5 Å². The minimum absolute atomic E-state index is 0.0576. The third-order valence-electron chi connectivity index (χ3n) is 6.93. The van der Waals surface area contributed by atoms with Gasteiger partial charge in [-0.25, -0.2) is 4.98 Å². The van der Waals surface area contributed by atoms with E-state index in [4.69, 9.17) is 4.98 Å². The summed E-state index contributed by atoms with van der Waals surface area (Å²) in [5.74, 6) is 1.24. The van der Waals surface area contributed by atoms with Gasteiger partial charge in [-0.1, -0.05) is 56.8 Å². The quantitative estimate of drug-likeness (QED) is 0.350. The Labute approximate surface area is 216 Å². The van der Waals surface area contributed by atoms with Gasteiger partial charge in [-0.15, -0.1) is 11.8 Å². The van der Waals surface area contributed by atoms with Gasteiger partial charge in [0.05, 0.1) is 16.9 Å². The molecule has 35 heavy (non-hydrogen) atoms. The van der Waals surface area contributed by atoms with Gasteiger partial charge in [0, 0.05) is 27.7 Å². The summed E-state index contributed by atoms with van der Waals surface area (Å²) in [6, 6.07) is 20.5. The van der Waals surface area contributed by atoms with Crippen molar-refractivity contribution in [3.05, 3.63) is 71.4 Å². The van der Waals surface area contributed by atoms with Crippen LogP contribution in [0.25, 0.3) is 0 Å². The first-order valence-electron chi connectivity index (χ1n) is 12.1. The third-order valence-corrected chi connectivity index (χ3v) is 9.06. The van der Waals surface area contributed by atoms with Gasteiger partial charge >= 0.3 is 0 Å². The number of para-hydroxylation sites is 2. The predicted octanol–water partition coefficient (Wildman–Crippen LogP) is 7.42. The van der Waals surface area contributed by atoms with E-state index in [1.165, 1.54) is 17.3 Å². The van der Waals surface area contributed by atoms with Crippen LogP contribution in [-0.2, 0) is 17.6 Å². The summed E-state index contributed by atoms with van der Waals surface area (Å²) in [5, 5.41) is 10.5. The van der Waals surface area contributed by atoms with Gasteiger partial charge in [0.1, 0.15) is 11.1 Å². The summed E-state index contributed by atoms with van der Waals surface area (Å²) in [4.78, 5) is 22.4. The van der Waals surface area contributed by atoms with Crippen molar-refractivity contribution in [3.8, 4) is 6.07 Å². The largest absolute Gasteiger partial charge is 0.279 e. The topological polar surface area (TPSA) is 57.0 Å². The standard InChI is InChI=1S/C29H29N3OS2/c1-29(2,3)21-12-13-22-19(17-21)16-20(18-30)28(31-22)34-15-14-27(33)32-23-8-4-6-10-25(23)35-26-11-7-5-9-24(26)32/h4-11,16,21H,12-15,17H2,1-3H3. The highest BCUT2D eigenvalue weighted by molar-refractivity contribution is 7.99. The summed E-state index contributed by atoms with van der Waals surface area (Å²) in [5.41, 5.74) is 5.08. The number of benzene rings is 2. The van der Waals surface area contributed by atoms with E-state index in [0.29, 0.717) is 23.7 Å². The molecule has 2 aliphatic rings. The molecule has 2 heterocycles. The molecule has 4 nitrogen and oxygen atoms in total. The van der Waals surface area contributed by atoms with Crippen molar-refractivity contribution in [1.29, 1.82) is 5.26 Å². The number of thioether (sulfide) groups is 1. The van der Waals surface area contributed by atoms with Gasteiger partial charge in [-0.3, -0.25) is 9.69 Å². The Hall–Kier alpha value is -2.75. The Morgan fingerprint density at radius 1 is 1.14 bits per heavy atom. The Morgan fingerprint density at radius 3 is 2.43 bits per heavy atom. The first kappa shape index (κ1) is 24.0. The highest BCUT2D eigenvalue weighted by Crippen LogP contribution is 2.48. The number of carbonyl (C=O) groups excluding carboxylic acids is 1. The lowest BCUT2D eigenvalue weighted by atomic mass is 9.71. The molecule has 1 aromatic heterocycles. The molecule has 0 saturated carbocycles. The number of rotatable bonds is 4. The van der Waals surface area contributed by atoms with E-state index < -0.39 is 0 Å². The molecular weight excluding hydrogens is 470 g/mol. The highest BCUT2D eigenvalue weighted by Gasteiger charge is 2.30. The maximum absolute atomic E-state index is 13.4. The summed E-state index contributed by atoms with van der Waals surface area (Å²) in [7, 11) is 0. The second-order valence-electron chi connectivity index (χ2n) is 10.2. The fourth-order valence-electron chi connectivity index (χ4n) is 4.90. The minimum Gasteiger partial charge on any atom is -0.279 e. The zero-order chi connectivity index (χ0) is 24.6. The maximum Gasteiger partial charge on any atom is 0.232 e. The monoisotopic (exact) mass is 499 g/mol. The molecule has 0 bridgehead atoms. The molecule has 0 radical (unpaired) electrons. The van der Waals surface area contributed by atoms with Crippen LogP contribution in [0.1, 0.15) is 50.4 Å². The van der Waals surface area contributed by atoms with E-state index >= 15 is 0 Å². The fourth-order valence-corrected chi connectivity index (χ4v) is 6.86. The molecule has 1 amide bonds. The first-order chi connectivity index (χ1) is 16.8. The minimum atomic E-state index is 0.0576. The van der Waals surface area contributed by atoms with Crippen molar-refractivity contribution in [1.82, 2.24) is 4.98 Å². The summed E-state index contributed by atoms with van der Waals surface area (Å²) < 4.78 is 0. The molecule has 1 atom stereocenters. The number of anilines is 2. The van der Waals surface area contributed by atoms with Gasteiger partial charge in [-0.2, -0.15) is 5.26 Å². The number of hydrogen-bond acceptors (Lipinski definition) is 5. The van der Waals surface area contributed by atoms with Crippen LogP contribution in [0.3, 0.4) is 0 Å². The molecule has 1 aliphatic heterocycles. The maximum atomic E-state index is 13.4. The van der Waals surface area contributed by atoms with Gasteiger partial charge in [0.2, 0.25) is 5.91 Å². The lowest BCUT2D eigenvalue weighted by Crippen LogP contribution is -2.28. The highest BCUT2D eigenvalue weighted by atomic mass is 32.2. The molecule has 1 aliphatic carbocycles. The van der Waals surface area contributed by atoms with Gasteiger partial charge in [0.15, 0.2) is 0 Å². The van der Waals surface area contributed by atoms with Crippen LogP contribution in [0.2, 0.25) is 0 Å². The number of nitrogens with zero attached hydrogens (tertiary/aromatic N) is 3. The van der Waals surface area contributed by atoms with E-state index in [0.717, 1.165) is 51.1 Å². The van der Waals surface area contributed by atoms with Crippen LogP contribution in [0.4, 0.5) is 11.4 Å². The summed E-state index contributed by atoms with van der Waals surface area (Å²) in [6.07, 6.45) is 3.43. The zero-order valence-corrected chi connectivity index (χ0v) is 22.0. The summed E-state index contributed by atoms with van der Waals surface area (Å²) >= 11 is 3.22. The number of amides is 1. The number of carbonyl (C=O) groups is 1. The van der Waals surface area contributed by atoms with Crippen LogP contribution < -0.4 is 4.90 Å². The van der Waals surface area contributed by atoms with Crippen molar-refractivity contribution in [3.63, 3.8) is 0 Å². The molecule has 178 valence electrons. The molecule has 0 spiro atoms. The number of aryl methyl sites for hydroxylation is 1. The van der Waals surface area contributed by atoms with Crippen LogP contribution in [-0.4, -0.2) is 16.6 Å². The normalized spacial score (nSPS) is 16.6. The van der Waals surface area contributed by atoms with Crippen molar-refractivity contribution < 1.29 is 4.79 Å². The van der Waals surface area contributed by atoms with Gasteiger partial charge in [0.25, 0.3) is 0 Å². The number of nitriles is 1. The average Bonchev–Trinajstić information content (AvgIpc) is 2.85. The van der Waals surface area contributed by atoms with Crippen molar-refractivity contribution in [2.24, 2.45) is 11.3 Å². The van der Waals surface area contributed by atoms with Crippen molar-refractivity contribution >= 4 is 40.8 Å². The first-order valence-corrected chi connectivity index (χ1v) is 13.9. The lowest BCUT2D eigenvalue weighted by molar-refractivity contribution is -0.117. The average molecular weight is 500 g/mol. The van der Waals surface area contributed by atoms with E-state index in [2.05, 4.69) is 39.0 Å². The smallest absolute Gasteiger partial charge is 0.232 e. The van der Waals surface area contributed by atoms with E-state index in [9.17, 15) is 10.1 Å². The Balaban J connectivity index is 1.32. The predicted molar refractivity (Wildman–Crippen MR) is 143 cm³/mol. The number of aromatic nitrogens is 1. The Bertz CT molecular complexity index is 1280. The Kier molecular flexibility index (Phi) is 6.65. The lowest BCUT2D eigenvalue weighted by Gasteiger charge is -2.34. The number of fused-ring (bicyclic) bond motifs is 3. The molecule has 5 rings (SSSR count). The zero-order valence-electron chi connectivity index (χ0n) is 20.4. The molecule has 0 saturated heterocycles. The number of hydrogen-bond donors (Lipinski definition) is 0. The van der Waals surface area contributed by atoms with Gasteiger partial charge in [-0.05, 0) is 66.5 Å². The van der Waals surface area contributed by atoms with Crippen molar-refractivity contribution in [2.75, 3.05) is 10.7 Å². The summed E-state index contributed by atoms with van der Waals surface area (Å²) in [6.45, 7) is 6.88. The molecule has 2 aromatic carbocycles. The third kappa shape index (κ3) is 4.85. The van der Waals surface area contributed by atoms with Crippen LogP contribution in [0.15, 0.2) is 69.4 Å². The van der Waals surface area contributed by atoms with Crippen molar-refractivity contribution in [2.45, 2.75) is 61.3 Å². The second-order valence-corrected chi connectivity index (χ2v) is 12.4. The molecular formula is C29H29N3OS2. The van der Waals surface area contributed by atoms with E-state index in [1.807, 2.05) is 47.4 Å². The fraction of sp³-hybridized carbons (Fsp3) is 0.345. The molecule has 6 heteroatoms. The van der Waals surface area contributed by atoms with E-state index in [-0.39, 0.29) is 11.3 Å². The molecule has 0 N–H and O–H groups in total. The molecule has 0 fully saturated rings. The van der Waals surface area contributed by atoms with Gasteiger partial charge < -0.3 is 0 Å². The van der Waals surface area contributed by atoms with Crippen LogP contribution in [0, 0.1) is 22.7 Å². The van der Waals surface area contributed by atoms with E-state index in [1.54, 1.807) is 11.8 Å². The van der Waals surface area contributed by atoms with Crippen LogP contribution in [0.5, 0.6) is 0 Å². The molecule has 1 unspecified atom stereocenters. The second kappa shape index (κ2) is 9.72.